The van der Waals surface area contributed by atoms with E-state index in [0.29, 0.717) is 18.9 Å². The third kappa shape index (κ3) is 2.36. The van der Waals surface area contributed by atoms with E-state index in [4.69, 9.17) is 4.74 Å². The average molecular weight is 268 g/mol. The lowest BCUT2D eigenvalue weighted by Crippen LogP contribution is -2.70. The SMILES string of the molecule is CCC1(C)NC(=O)C(C)N(C(C)C2CCOC2)C1=O. The van der Waals surface area contributed by atoms with Crippen LogP contribution in [0.3, 0.4) is 0 Å². The number of carbonyl (C=O) groups is 2. The molecule has 2 rings (SSSR count). The number of hydrogen-bond acceptors (Lipinski definition) is 3. The van der Waals surface area contributed by atoms with Crippen molar-refractivity contribution in [2.45, 2.75) is 58.2 Å². The van der Waals surface area contributed by atoms with Gasteiger partial charge < -0.3 is 15.0 Å². The van der Waals surface area contributed by atoms with Crippen LogP contribution in [-0.2, 0) is 14.3 Å². The van der Waals surface area contributed by atoms with Crippen molar-refractivity contribution in [3.05, 3.63) is 0 Å². The Hall–Kier alpha value is -1.10. The van der Waals surface area contributed by atoms with E-state index >= 15 is 0 Å². The summed E-state index contributed by atoms with van der Waals surface area (Å²) in [7, 11) is 0. The summed E-state index contributed by atoms with van der Waals surface area (Å²) in [4.78, 5) is 26.6. The van der Waals surface area contributed by atoms with Crippen molar-refractivity contribution < 1.29 is 14.3 Å². The van der Waals surface area contributed by atoms with Gasteiger partial charge in [0.05, 0.1) is 6.61 Å². The van der Waals surface area contributed by atoms with Gasteiger partial charge in [-0.15, -0.1) is 0 Å². The molecule has 19 heavy (non-hydrogen) atoms. The quantitative estimate of drug-likeness (QED) is 0.828. The smallest absolute Gasteiger partial charge is 0.248 e. The Labute approximate surface area is 114 Å². The zero-order valence-corrected chi connectivity index (χ0v) is 12.2. The van der Waals surface area contributed by atoms with Crippen LogP contribution in [0, 0.1) is 5.92 Å². The number of nitrogens with one attached hydrogen (secondary N) is 1. The van der Waals surface area contributed by atoms with Crippen molar-refractivity contribution in [1.29, 1.82) is 0 Å². The van der Waals surface area contributed by atoms with Crippen LogP contribution in [-0.4, -0.2) is 47.6 Å². The molecule has 2 amide bonds. The van der Waals surface area contributed by atoms with Crippen LogP contribution < -0.4 is 5.32 Å². The van der Waals surface area contributed by atoms with Gasteiger partial charge in [-0.05, 0) is 33.6 Å². The summed E-state index contributed by atoms with van der Waals surface area (Å²) in [5.41, 5.74) is -0.767. The maximum Gasteiger partial charge on any atom is 0.248 e. The second-order valence-electron chi connectivity index (χ2n) is 5.93. The first kappa shape index (κ1) is 14.3. The van der Waals surface area contributed by atoms with Crippen molar-refractivity contribution in [2.24, 2.45) is 5.92 Å². The molecule has 5 nitrogen and oxygen atoms in total. The summed E-state index contributed by atoms with van der Waals surface area (Å²) in [5.74, 6) is 0.301. The molecule has 5 heteroatoms. The average Bonchev–Trinajstić information content (AvgIpc) is 2.90. The summed E-state index contributed by atoms with van der Waals surface area (Å²) < 4.78 is 5.41. The van der Waals surface area contributed by atoms with Crippen molar-refractivity contribution in [2.75, 3.05) is 13.2 Å². The lowest BCUT2D eigenvalue weighted by atomic mass is 9.88. The number of carbonyl (C=O) groups excluding carboxylic acids is 2. The van der Waals surface area contributed by atoms with Crippen LogP contribution in [0.25, 0.3) is 0 Å². The second kappa shape index (κ2) is 5.12. The van der Waals surface area contributed by atoms with Crippen LogP contribution in [0.1, 0.15) is 40.5 Å². The predicted molar refractivity (Wildman–Crippen MR) is 71.5 cm³/mol. The molecular formula is C14H24N2O3. The summed E-state index contributed by atoms with van der Waals surface area (Å²) in [6.07, 6.45) is 1.57. The first-order chi connectivity index (χ1) is 8.90. The van der Waals surface area contributed by atoms with Crippen LogP contribution in [0.2, 0.25) is 0 Å². The number of hydrogen-bond donors (Lipinski definition) is 1. The monoisotopic (exact) mass is 268 g/mol. The molecule has 4 atom stereocenters. The zero-order chi connectivity index (χ0) is 14.2. The second-order valence-corrected chi connectivity index (χ2v) is 5.93. The molecular weight excluding hydrogens is 244 g/mol. The largest absolute Gasteiger partial charge is 0.381 e. The maximum absolute atomic E-state index is 12.7. The van der Waals surface area contributed by atoms with E-state index in [9.17, 15) is 9.59 Å². The Morgan fingerprint density at radius 1 is 1.53 bits per heavy atom. The number of ether oxygens (including phenoxy) is 1. The summed E-state index contributed by atoms with van der Waals surface area (Å²) in [5, 5.41) is 2.86. The molecule has 0 aromatic rings. The molecule has 0 bridgehead atoms. The normalized spacial score (nSPS) is 37.4. The molecule has 1 N–H and O–H groups in total. The highest BCUT2D eigenvalue weighted by Crippen LogP contribution is 2.28. The zero-order valence-electron chi connectivity index (χ0n) is 12.2. The Bertz CT molecular complexity index is 379. The Morgan fingerprint density at radius 2 is 2.21 bits per heavy atom. The molecule has 2 fully saturated rings. The predicted octanol–water partition coefficient (Wildman–Crippen LogP) is 0.927. The fourth-order valence-electron chi connectivity index (χ4n) is 2.95. The first-order valence-electron chi connectivity index (χ1n) is 7.13. The van der Waals surface area contributed by atoms with Crippen molar-refractivity contribution >= 4 is 11.8 Å². The van der Waals surface area contributed by atoms with Crippen molar-refractivity contribution in [3.63, 3.8) is 0 Å². The maximum atomic E-state index is 12.7. The highest BCUT2D eigenvalue weighted by Gasteiger charge is 2.48. The highest BCUT2D eigenvalue weighted by molar-refractivity contribution is 5.99. The van der Waals surface area contributed by atoms with E-state index in [1.165, 1.54) is 0 Å². The third-order valence-corrected chi connectivity index (χ3v) is 4.70. The van der Waals surface area contributed by atoms with Crippen LogP contribution in [0.5, 0.6) is 0 Å². The Morgan fingerprint density at radius 3 is 2.74 bits per heavy atom. The first-order valence-corrected chi connectivity index (χ1v) is 7.13. The van der Waals surface area contributed by atoms with Gasteiger partial charge in [0.1, 0.15) is 11.6 Å². The topological polar surface area (TPSA) is 58.6 Å². The Balaban J connectivity index is 2.24. The van der Waals surface area contributed by atoms with Gasteiger partial charge in [-0.3, -0.25) is 9.59 Å². The van der Waals surface area contributed by atoms with Gasteiger partial charge in [0.2, 0.25) is 11.8 Å². The van der Waals surface area contributed by atoms with Crippen molar-refractivity contribution in [1.82, 2.24) is 10.2 Å². The minimum absolute atomic E-state index is 0.0292. The molecule has 0 spiro atoms. The number of piperazine rings is 1. The van der Waals surface area contributed by atoms with Crippen LogP contribution in [0.15, 0.2) is 0 Å². The van der Waals surface area contributed by atoms with E-state index in [1.807, 2.05) is 20.8 Å². The summed E-state index contributed by atoms with van der Waals surface area (Å²) in [6.45, 7) is 9.00. The summed E-state index contributed by atoms with van der Waals surface area (Å²) in [6, 6.07) is -0.357. The van der Waals surface area contributed by atoms with Crippen molar-refractivity contribution in [3.8, 4) is 0 Å². The molecule has 2 saturated heterocycles. The molecule has 0 aliphatic carbocycles. The third-order valence-electron chi connectivity index (χ3n) is 4.70. The molecule has 108 valence electrons. The molecule has 2 aliphatic rings. The van der Waals surface area contributed by atoms with E-state index < -0.39 is 11.6 Å². The van der Waals surface area contributed by atoms with Gasteiger partial charge in [-0.25, -0.2) is 0 Å². The molecule has 0 saturated carbocycles. The number of amides is 2. The lowest BCUT2D eigenvalue weighted by Gasteiger charge is -2.46. The van der Waals surface area contributed by atoms with E-state index in [1.54, 1.807) is 11.8 Å². The van der Waals surface area contributed by atoms with Gasteiger partial charge in [0, 0.05) is 18.6 Å². The van der Waals surface area contributed by atoms with E-state index in [0.717, 1.165) is 13.0 Å². The lowest BCUT2D eigenvalue weighted by molar-refractivity contribution is -0.157. The van der Waals surface area contributed by atoms with Gasteiger partial charge in [-0.1, -0.05) is 6.92 Å². The Kier molecular flexibility index (Phi) is 3.85. The molecule has 2 heterocycles. The molecule has 0 aromatic carbocycles. The molecule has 2 aliphatic heterocycles. The minimum atomic E-state index is -0.767. The summed E-state index contributed by atoms with van der Waals surface area (Å²) >= 11 is 0. The standard InChI is InChI=1S/C14H24N2O3/c1-5-14(4)13(18)16(10(3)12(17)15-14)9(2)11-6-7-19-8-11/h9-11H,5-8H2,1-4H3,(H,15,17). The number of nitrogens with zero attached hydrogens (tertiary/aromatic N) is 1. The van der Waals surface area contributed by atoms with Gasteiger partial charge in [0.25, 0.3) is 0 Å². The molecule has 0 aromatic heterocycles. The van der Waals surface area contributed by atoms with Crippen LogP contribution >= 0.6 is 0 Å². The van der Waals surface area contributed by atoms with E-state index in [-0.39, 0.29) is 17.9 Å². The van der Waals surface area contributed by atoms with Gasteiger partial charge in [0.15, 0.2) is 0 Å². The van der Waals surface area contributed by atoms with Gasteiger partial charge >= 0.3 is 0 Å². The van der Waals surface area contributed by atoms with E-state index in [2.05, 4.69) is 5.32 Å². The fraction of sp³-hybridized carbons (Fsp3) is 0.857. The van der Waals surface area contributed by atoms with Gasteiger partial charge in [-0.2, -0.15) is 0 Å². The minimum Gasteiger partial charge on any atom is -0.381 e. The fourth-order valence-corrected chi connectivity index (χ4v) is 2.95. The number of rotatable bonds is 3. The molecule has 4 unspecified atom stereocenters. The van der Waals surface area contributed by atoms with Crippen LogP contribution in [0.4, 0.5) is 0 Å². The molecule has 0 radical (unpaired) electrons. The highest BCUT2D eigenvalue weighted by atomic mass is 16.5.